The predicted molar refractivity (Wildman–Crippen MR) is 37.8 cm³/mol. The van der Waals surface area contributed by atoms with E-state index in [0.29, 0.717) is 0 Å². The van der Waals surface area contributed by atoms with Gasteiger partial charge in [-0.15, -0.1) is 0 Å². The maximum absolute atomic E-state index is 8.41. The van der Waals surface area contributed by atoms with Gasteiger partial charge in [-0.2, -0.15) is 5.26 Å². The van der Waals surface area contributed by atoms with Crippen molar-refractivity contribution in [3.8, 4) is 6.07 Å². The van der Waals surface area contributed by atoms with Gasteiger partial charge < -0.3 is 0 Å². The van der Waals surface area contributed by atoms with Gasteiger partial charge in [0.05, 0.1) is 6.07 Å². The van der Waals surface area contributed by atoms with Crippen LogP contribution in [0.5, 0.6) is 0 Å². The third-order valence-electron chi connectivity index (χ3n) is 1.02. The molecule has 0 saturated carbocycles. The minimum absolute atomic E-state index is 0.213. The first-order valence-electron chi connectivity index (χ1n) is 2.52. The van der Waals surface area contributed by atoms with Gasteiger partial charge in [-0.1, -0.05) is 28.9 Å². The first kappa shape index (κ1) is 6.24. The SMILES string of the molecule is N#CC1C=CC=CS1=N. The lowest BCUT2D eigenvalue weighted by atomic mass is 10.4. The first-order valence-corrected chi connectivity index (χ1v) is 3.87. The summed E-state index contributed by atoms with van der Waals surface area (Å²) in [4.78, 5) is 0. The molecule has 2 nitrogen and oxygen atoms in total. The molecule has 1 aliphatic rings. The Morgan fingerprint density at radius 2 is 2.33 bits per heavy atom. The molecule has 0 saturated heterocycles. The average Bonchev–Trinajstić information content (AvgIpc) is 1.89. The summed E-state index contributed by atoms with van der Waals surface area (Å²) in [6.07, 6.45) is 5.38. The molecule has 46 valence electrons. The highest BCUT2D eigenvalue weighted by molar-refractivity contribution is 7.90. The van der Waals surface area contributed by atoms with Crippen molar-refractivity contribution in [3.05, 3.63) is 23.6 Å². The zero-order chi connectivity index (χ0) is 6.69. The number of allylic oxidation sites excluding steroid dienone is 2. The second-order valence-corrected chi connectivity index (χ2v) is 3.16. The minimum Gasteiger partial charge on any atom is -0.275 e. The number of hydrogen-bond acceptors (Lipinski definition) is 2. The largest absolute Gasteiger partial charge is 0.275 e. The molecule has 0 fully saturated rings. The van der Waals surface area contributed by atoms with E-state index in [-0.39, 0.29) is 5.25 Å². The Morgan fingerprint density at radius 3 is 2.78 bits per heavy atom. The molecule has 2 atom stereocenters. The van der Waals surface area contributed by atoms with Crippen LogP contribution in [0.3, 0.4) is 0 Å². The Hall–Kier alpha value is -0.880. The summed E-state index contributed by atoms with van der Waals surface area (Å²) in [7, 11) is -0.606. The molecule has 3 heteroatoms. The van der Waals surface area contributed by atoms with Gasteiger partial charge in [0, 0.05) is 0 Å². The Morgan fingerprint density at radius 1 is 1.56 bits per heavy atom. The van der Waals surface area contributed by atoms with E-state index in [9.17, 15) is 0 Å². The van der Waals surface area contributed by atoms with Gasteiger partial charge in [-0.3, -0.25) is 4.78 Å². The molecule has 0 aromatic heterocycles. The van der Waals surface area contributed by atoms with E-state index >= 15 is 0 Å². The van der Waals surface area contributed by atoms with Crippen molar-refractivity contribution in [3.63, 3.8) is 0 Å². The molecule has 0 bridgehead atoms. The van der Waals surface area contributed by atoms with Crippen molar-refractivity contribution in [2.24, 2.45) is 0 Å². The molecule has 0 spiro atoms. The van der Waals surface area contributed by atoms with Gasteiger partial charge in [-0.25, -0.2) is 0 Å². The fourth-order valence-corrected chi connectivity index (χ4v) is 1.37. The van der Waals surface area contributed by atoms with Crippen molar-refractivity contribution in [2.75, 3.05) is 0 Å². The molecule has 0 aromatic rings. The molecule has 0 amide bonds. The maximum Gasteiger partial charge on any atom is 0.124 e. The van der Waals surface area contributed by atoms with Gasteiger partial charge in [0.25, 0.3) is 0 Å². The first-order chi connectivity index (χ1) is 4.34. The van der Waals surface area contributed by atoms with Gasteiger partial charge in [0.1, 0.15) is 5.25 Å². The van der Waals surface area contributed by atoms with Crippen LogP contribution in [-0.2, 0) is 10.7 Å². The van der Waals surface area contributed by atoms with Gasteiger partial charge in [-0.05, 0) is 5.41 Å². The quantitative estimate of drug-likeness (QED) is 0.539. The van der Waals surface area contributed by atoms with E-state index in [0.717, 1.165) is 0 Å². The van der Waals surface area contributed by atoms with Crippen molar-refractivity contribution >= 4 is 10.7 Å². The van der Waals surface area contributed by atoms with Crippen LogP contribution in [0, 0.1) is 16.1 Å². The molecule has 1 rings (SSSR count). The molecule has 1 heterocycles. The summed E-state index contributed by atoms with van der Waals surface area (Å²) in [6, 6.07) is 2.04. The van der Waals surface area contributed by atoms with Crippen LogP contribution in [0.2, 0.25) is 0 Å². The summed E-state index contributed by atoms with van der Waals surface area (Å²) in [5.41, 5.74) is 0. The van der Waals surface area contributed by atoms with E-state index in [1.54, 1.807) is 11.5 Å². The summed E-state index contributed by atoms with van der Waals surface area (Å²) in [6.45, 7) is 0. The summed E-state index contributed by atoms with van der Waals surface area (Å²) in [5.74, 6) is 0. The summed E-state index contributed by atoms with van der Waals surface area (Å²) < 4.78 is 7.30. The normalized spacial score (nSPS) is 31.9. The van der Waals surface area contributed by atoms with Gasteiger partial charge in [0.15, 0.2) is 0 Å². The molecule has 0 aliphatic carbocycles. The van der Waals surface area contributed by atoms with Crippen LogP contribution < -0.4 is 0 Å². The van der Waals surface area contributed by atoms with E-state index in [1.165, 1.54) is 0 Å². The van der Waals surface area contributed by atoms with E-state index in [4.69, 9.17) is 10.0 Å². The maximum atomic E-state index is 8.41. The third-order valence-corrected chi connectivity index (χ3v) is 2.28. The Balaban J connectivity index is 2.81. The van der Waals surface area contributed by atoms with E-state index < -0.39 is 10.7 Å². The molecule has 1 N–H and O–H groups in total. The highest BCUT2D eigenvalue weighted by Crippen LogP contribution is 2.05. The Labute approximate surface area is 56.4 Å². The van der Waals surface area contributed by atoms with Crippen molar-refractivity contribution in [1.82, 2.24) is 0 Å². The van der Waals surface area contributed by atoms with Crippen LogP contribution in [0.1, 0.15) is 0 Å². The van der Waals surface area contributed by atoms with Crippen LogP contribution in [-0.4, -0.2) is 5.25 Å². The fraction of sp³-hybridized carbons (Fsp3) is 0.167. The number of hydrogen-bond donors (Lipinski definition) is 1. The zero-order valence-corrected chi connectivity index (χ0v) is 5.56. The molecule has 9 heavy (non-hydrogen) atoms. The summed E-state index contributed by atoms with van der Waals surface area (Å²) >= 11 is 0. The predicted octanol–water partition coefficient (Wildman–Crippen LogP) is 1.34. The van der Waals surface area contributed by atoms with Gasteiger partial charge >= 0.3 is 0 Å². The zero-order valence-electron chi connectivity index (χ0n) is 4.74. The van der Waals surface area contributed by atoms with Crippen molar-refractivity contribution < 1.29 is 0 Å². The molecular weight excluding hydrogens is 132 g/mol. The second kappa shape index (κ2) is 2.60. The van der Waals surface area contributed by atoms with Crippen molar-refractivity contribution in [1.29, 1.82) is 10.0 Å². The monoisotopic (exact) mass is 138 g/mol. The van der Waals surface area contributed by atoms with E-state index in [2.05, 4.69) is 0 Å². The molecular formula is C6H6N2S. The van der Waals surface area contributed by atoms with Crippen LogP contribution >= 0.6 is 0 Å². The lowest BCUT2D eigenvalue weighted by molar-refractivity contribution is 1.35. The number of nitrogens with one attached hydrogen (secondary N) is 1. The van der Waals surface area contributed by atoms with Crippen LogP contribution in [0.15, 0.2) is 23.6 Å². The second-order valence-electron chi connectivity index (χ2n) is 1.63. The van der Waals surface area contributed by atoms with Gasteiger partial charge in [0.2, 0.25) is 0 Å². The Kier molecular flexibility index (Phi) is 1.81. The van der Waals surface area contributed by atoms with Crippen LogP contribution in [0.25, 0.3) is 0 Å². The third kappa shape index (κ3) is 1.27. The number of nitriles is 1. The van der Waals surface area contributed by atoms with Crippen molar-refractivity contribution in [2.45, 2.75) is 5.25 Å². The lowest BCUT2D eigenvalue weighted by Crippen LogP contribution is -2.06. The lowest BCUT2D eigenvalue weighted by Gasteiger charge is -2.04. The molecule has 1 aliphatic heterocycles. The summed E-state index contributed by atoms with van der Waals surface area (Å²) in [5, 5.41) is 9.94. The fourth-order valence-electron chi connectivity index (χ4n) is 0.564. The molecule has 0 radical (unpaired) electrons. The standard InChI is InChI=1S/C6H6N2S/c7-5-6-3-1-2-4-9(6)8/h1-4,6,8H. The number of nitrogens with zero attached hydrogens (tertiary/aromatic N) is 1. The van der Waals surface area contributed by atoms with Crippen LogP contribution in [0.4, 0.5) is 0 Å². The minimum atomic E-state index is -0.606. The number of rotatable bonds is 0. The topological polar surface area (TPSA) is 47.6 Å². The molecule has 2 unspecified atom stereocenters. The Bertz CT molecular complexity index is 222. The molecule has 0 aromatic carbocycles. The smallest absolute Gasteiger partial charge is 0.124 e. The highest BCUT2D eigenvalue weighted by atomic mass is 32.2. The average molecular weight is 138 g/mol. The highest BCUT2D eigenvalue weighted by Gasteiger charge is 2.06. The van der Waals surface area contributed by atoms with E-state index in [1.807, 2.05) is 18.2 Å².